The number of hydrogen-bond donors (Lipinski definition) is 2. The van der Waals surface area contributed by atoms with E-state index in [4.69, 9.17) is 10.2 Å². The second kappa shape index (κ2) is 6.00. The maximum Gasteiger partial charge on any atom is 0.332 e. The molecular formula is C15H17N5O3S. The van der Waals surface area contributed by atoms with Gasteiger partial charge in [0.1, 0.15) is 17.1 Å². The van der Waals surface area contributed by atoms with Crippen molar-refractivity contribution in [3.8, 4) is 11.3 Å². The largest absolute Gasteiger partial charge is 0.467 e. The standard InChI is InChI=1S/C15H17N5O3S/c1-8-11(10-12(16)19(2)15(22)20(3)13(10)21)18-14(24-8)17-7-9-5-4-6-23-9/h4-6H,7,16H2,1-3H3,(H,17,18). The summed E-state index contributed by atoms with van der Waals surface area (Å²) in [5.74, 6) is 0.885. The molecule has 3 aromatic rings. The van der Waals surface area contributed by atoms with Crippen LogP contribution in [-0.4, -0.2) is 14.1 Å². The van der Waals surface area contributed by atoms with E-state index in [2.05, 4.69) is 10.3 Å². The summed E-state index contributed by atoms with van der Waals surface area (Å²) < 4.78 is 7.53. The fourth-order valence-corrected chi connectivity index (χ4v) is 3.18. The number of aryl methyl sites for hydroxylation is 1. The van der Waals surface area contributed by atoms with Gasteiger partial charge in [-0.1, -0.05) is 0 Å². The molecule has 3 heterocycles. The summed E-state index contributed by atoms with van der Waals surface area (Å²) in [6, 6.07) is 3.67. The number of nitrogen functional groups attached to an aromatic ring is 1. The molecule has 0 radical (unpaired) electrons. The summed E-state index contributed by atoms with van der Waals surface area (Å²) >= 11 is 1.41. The molecule has 0 amide bonds. The number of rotatable bonds is 4. The van der Waals surface area contributed by atoms with Crippen LogP contribution in [-0.2, 0) is 20.6 Å². The Morgan fingerprint density at radius 2 is 2.08 bits per heavy atom. The maximum absolute atomic E-state index is 12.5. The third-order valence-electron chi connectivity index (χ3n) is 3.74. The first kappa shape index (κ1) is 16.1. The van der Waals surface area contributed by atoms with Crippen LogP contribution < -0.4 is 22.3 Å². The molecule has 126 valence electrons. The lowest BCUT2D eigenvalue weighted by Crippen LogP contribution is -2.39. The summed E-state index contributed by atoms with van der Waals surface area (Å²) in [4.78, 5) is 29.7. The van der Waals surface area contributed by atoms with Gasteiger partial charge in [-0.05, 0) is 19.1 Å². The lowest BCUT2D eigenvalue weighted by molar-refractivity contribution is 0.518. The average Bonchev–Trinajstić information content (AvgIpc) is 3.19. The summed E-state index contributed by atoms with van der Waals surface area (Å²) in [6.07, 6.45) is 1.60. The second-order valence-electron chi connectivity index (χ2n) is 5.32. The lowest BCUT2D eigenvalue weighted by Gasteiger charge is -2.10. The zero-order valence-corrected chi connectivity index (χ0v) is 14.3. The summed E-state index contributed by atoms with van der Waals surface area (Å²) in [7, 11) is 2.95. The number of nitrogens with two attached hydrogens (primary N) is 1. The zero-order valence-electron chi connectivity index (χ0n) is 13.5. The molecule has 0 aliphatic heterocycles. The normalized spacial score (nSPS) is 11.0. The Hall–Kier alpha value is -2.81. The SMILES string of the molecule is Cc1sc(NCc2ccco2)nc1-c1c(N)n(C)c(=O)n(C)c1=O. The Bertz CT molecular complexity index is 998. The van der Waals surface area contributed by atoms with Crippen molar-refractivity contribution < 1.29 is 4.42 Å². The van der Waals surface area contributed by atoms with Gasteiger partial charge in [-0.25, -0.2) is 9.78 Å². The van der Waals surface area contributed by atoms with Crippen molar-refractivity contribution in [1.29, 1.82) is 0 Å². The Balaban J connectivity index is 2.02. The third kappa shape index (κ3) is 2.62. The topological polar surface area (TPSA) is 108 Å². The second-order valence-corrected chi connectivity index (χ2v) is 6.53. The van der Waals surface area contributed by atoms with Gasteiger partial charge in [0.15, 0.2) is 5.13 Å². The van der Waals surface area contributed by atoms with E-state index in [1.807, 2.05) is 19.1 Å². The van der Waals surface area contributed by atoms with E-state index >= 15 is 0 Å². The predicted molar refractivity (Wildman–Crippen MR) is 93.2 cm³/mol. The first-order valence-electron chi connectivity index (χ1n) is 7.19. The minimum absolute atomic E-state index is 0.106. The maximum atomic E-state index is 12.5. The molecule has 0 fully saturated rings. The average molecular weight is 347 g/mol. The molecular weight excluding hydrogens is 330 g/mol. The first-order chi connectivity index (χ1) is 11.4. The monoisotopic (exact) mass is 347 g/mol. The molecule has 0 saturated carbocycles. The van der Waals surface area contributed by atoms with E-state index in [9.17, 15) is 9.59 Å². The van der Waals surface area contributed by atoms with Gasteiger partial charge >= 0.3 is 5.69 Å². The first-order valence-corrected chi connectivity index (χ1v) is 8.01. The predicted octanol–water partition coefficient (Wildman–Crippen LogP) is 1.30. The molecule has 24 heavy (non-hydrogen) atoms. The van der Waals surface area contributed by atoms with Crippen molar-refractivity contribution in [3.05, 3.63) is 49.9 Å². The Labute approximate surface area is 141 Å². The van der Waals surface area contributed by atoms with Crippen LogP contribution in [0.15, 0.2) is 32.4 Å². The number of furan rings is 1. The van der Waals surface area contributed by atoms with Crippen LogP contribution in [0.2, 0.25) is 0 Å². The van der Waals surface area contributed by atoms with Gasteiger partial charge in [-0.3, -0.25) is 13.9 Å². The molecule has 9 heteroatoms. The van der Waals surface area contributed by atoms with E-state index in [1.54, 1.807) is 6.26 Å². The molecule has 0 aromatic carbocycles. The van der Waals surface area contributed by atoms with Gasteiger partial charge in [0.25, 0.3) is 5.56 Å². The van der Waals surface area contributed by atoms with Gasteiger partial charge in [0.2, 0.25) is 0 Å². The zero-order chi connectivity index (χ0) is 17.4. The minimum Gasteiger partial charge on any atom is -0.467 e. The van der Waals surface area contributed by atoms with Crippen molar-refractivity contribution in [2.24, 2.45) is 14.1 Å². The Kier molecular flexibility index (Phi) is 4.02. The molecule has 0 saturated heterocycles. The van der Waals surface area contributed by atoms with Crippen LogP contribution in [0, 0.1) is 6.92 Å². The van der Waals surface area contributed by atoms with E-state index in [1.165, 1.54) is 30.0 Å². The number of anilines is 2. The van der Waals surface area contributed by atoms with Gasteiger partial charge < -0.3 is 15.5 Å². The van der Waals surface area contributed by atoms with E-state index < -0.39 is 11.2 Å². The highest BCUT2D eigenvalue weighted by Crippen LogP contribution is 2.31. The summed E-state index contributed by atoms with van der Waals surface area (Å²) in [6.45, 7) is 2.34. The Morgan fingerprint density at radius 3 is 2.75 bits per heavy atom. The molecule has 0 spiro atoms. The van der Waals surface area contributed by atoms with Crippen LogP contribution in [0.4, 0.5) is 10.9 Å². The van der Waals surface area contributed by atoms with Gasteiger partial charge in [0, 0.05) is 19.0 Å². The van der Waals surface area contributed by atoms with Crippen molar-refractivity contribution in [2.45, 2.75) is 13.5 Å². The highest BCUT2D eigenvalue weighted by Gasteiger charge is 2.20. The van der Waals surface area contributed by atoms with Crippen LogP contribution in [0.25, 0.3) is 11.3 Å². The third-order valence-corrected chi connectivity index (χ3v) is 4.67. The van der Waals surface area contributed by atoms with Crippen molar-refractivity contribution in [2.75, 3.05) is 11.1 Å². The number of thiazole rings is 1. The minimum atomic E-state index is -0.467. The molecule has 0 aliphatic carbocycles. The summed E-state index contributed by atoms with van der Waals surface area (Å²) in [5.41, 5.74) is 5.79. The number of nitrogens with one attached hydrogen (secondary N) is 1. The number of nitrogens with zero attached hydrogens (tertiary/aromatic N) is 3. The molecule has 8 nitrogen and oxygen atoms in total. The van der Waals surface area contributed by atoms with Crippen LogP contribution in [0.3, 0.4) is 0 Å². The molecule has 0 unspecified atom stereocenters. The van der Waals surface area contributed by atoms with Gasteiger partial charge in [0.05, 0.1) is 18.5 Å². The smallest absolute Gasteiger partial charge is 0.332 e. The van der Waals surface area contributed by atoms with Crippen molar-refractivity contribution in [1.82, 2.24) is 14.1 Å². The molecule has 3 N–H and O–H groups in total. The Morgan fingerprint density at radius 1 is 1.33 bits per heavy atom. The highest BCUT2D eigenvalue weighted by molar-refractivity contribution is 7.16. The fraction of sp³-hybridized carbons (Fsp3) is 0.267. The van der Waals surface area contributed by atoms with E-state index in [0.29, 0.717) is 17.4 Å². The molecule has 3 aromatic heterocycles. The van der Waals surface area contributed by atoms with Gasteiger partial charge in [-0.2, -0.15) is 0 Å². The number of hydrogen-bond acceptors (Lipinski definition) is 7. The number of aromatic nitrogens is 3. The van der Waals surface area contributed by atoms with E-state index in [-0.39, 0.29) is 11.4 Å². The highest BCUT2D eigenvalue weighted by atomic mass is 32.1. The summed E-state index contributed by atoms with van der Waals surface area (Å²) in [5, 5.41) is 3.80. The van der Waals surface area contributed by atoms with E-state index in [0.717, 1.165) is 15.2 Å². The molecule has 0 atom stereocenters. The fourth-order valence-electron chi connectivity index (χ4n) is 2.36. The van der Waals surface area contributed by atoms with Crippen LogP contribution in [0.5, 0.6) is 0 Å². The molecule has 0 aliphatic rings. The van der Waals surface area contributed by atoms with Gasteiger partial charge in [-0.15, -0.1) is 11.3 Å². The molecule has 0 bridgehead atoms. The quantitative estimate of drug-likeness (QED) is 0.736. The lowest BCUT2D eigenvalue weighted by atomic mass is 10.2. The van der Waals surface area contributed by atoms with Crippen LogP contribution >= 0.6 is 11.3 Å². The van der Waals surface area contributed by atoms with Crippen molar-refractivity contribution >= 4 is 22.3 Å². The van der Waals surface area contributed by atoms with Crippen molar-refractivity contribution in [3.63, 3.8) is 0 Å². The van der Waals surface area contributed by atoms with Crippen LogP contribution in [0.1, 0.15) is 10.6 Å². The molecule has 3 rings (SSSR count).